The lowest BCUT2D eigenvalue weighted by atomic mass is 10.0. The number of nitrogens with zero attached hydrogens (tertiary/aromatic N) is 4. The molecule has 1 aromatic rings. The summed E-state index contributed by atoms with van der Waals surface area (Å²) < 4.78 is 0. The van der Waals surface area contributed by atoms with Crippen molar-refractivity contribution in [2.75, 3.05) is 13.1 Å². The largest absolute Gasteiger partial charge is 0.335 e. The number of aryl methyl sites for hydroxylation is 2. The minimum Gasteiger partial charge on any atom is -0.335 e. The van der Waals surface area contributed by atoms with Gasteiger partial charge in [-0.25, -0.2) is 9.97 Å². The maximum Gasteiger partial charge on any atom is 0.222 e. The number of likely N-dealkylation sites (tertiary alicyclic amines) is 1. The van der Waals surface area contributed by atoms with Gasteiger partial charge in [0.1, 0.15) is 0 Å². The van der Waals surface area contributed by atoms with Gasteiger partial charge >= 0.3 is 0 Å². The lowest BCUT2D eigenvalue weighted by molar-refractivity contribution is -0.135. The van der Waals surface area contributed by atoms with E-state index in [1.54, 1.807) is 24.8 Å². The first-order chi connectivity index (χ1) is 10.5. The predicted octanol–water partition coefficient (Wildman–Crippen LogP) is 1.67. The van der Waals surface area contributed by atoms with E-state index in [9.17, 15) is 14.9 Å². The summed E-state index contributed by atoms with van der Waals surface area (Å²) in [6, 6.07) is 3.77. The highest BCUT2D eigenvalue weighted by Crippen LogP contribution is 2.16. The van der Waals surface area contributed by atoms with Gasteiger partial charge in [0, 0.05) is 24.4 Å². The zero-order valence-corrected chi connectivity index (χ0v) is 13.0. The number of rotatable bonds is 4. The minimum atomic E-state index is -1.02. The van der Waals surface area contributed by atoms with Crippen LogP contribution in [0.15, 0.2) is 6.07 Å². The smallest absolute Gasteiger partial charge is 0.222 e. The van der Waals surface area contributed by atoms with Crippen molar-refractivity contribution in [3.63, 3.8) is 0 Å². The van der Waals surface area contributed by atoms with Crippen molar-refractivity contribution in [3.8, 4) is 6.07 Å². The zero-order valence-electron chi connectivity index (χ0n) is 13.0. The molecule has 1 saturated heterocycles. The summed E-state index contributed by atoms with van der Waals surface area (Å²) in [7, 11) is 0. The van der Waals surface area contributed by atoms with Crippen LogP contribution >= 0.6 is 0 Å². The molecule has 0 saturated carbocycles. The molecule has 1 aromatic heterocycles. The molecule has 22 heavy (non-hydrogen) atoms. The number of aromatic nitrogens is 2. The third-order valence-electron chi connectivity index (χ3n) is 3.73. The molecule has 0 spiro atoms. The Morgan fingerprint density at radius 3 is 2.64 bits per heavy atom. The Bertz CT molecular complexity index is 601. The second kappa shape index (κ2) is 7.12. The molecule has 1 aliphatic heterocycles. The molecule has 1 fully saturated rings. The minimum absolute atomic E-state index is 0.0103. The Balaban J connectivity index is 2.15. The number of ketones is 1. The van der Waals surface area contributed by atoms with Crippen LogP contribution in [0.5, 0.6) is 0 Å². The number of amides is 1. The van der Waals surface area contributed by atoms with Crippen LogP contribution in [0.1, 0.15) is 48.8 Å². The van der Waals surface area contributed by atoms with E-state index in [4.69, 9.17) is 0 Å². The molecule has 0 N–H and O–H groups in total. The zero-order chi connectivity index (χ0) is 16.1. The van der Waals surface area contributed by atoms with Gasteiger partial charge in [0.2, 0.25) is 5.91 Å². The fourth-order valence-electron chi connectivity index (χ4n) is 2.64. The molecule has 1 amide bonds. The molecule has 0 aromatic carbocycles. The van der Waals surface area contributed by atoms with E-state index in [0.717, 1.165) is 30.7 Å². The van der Waals surface area contributed by atoms with Gasteiger partial charge in [-0.05, 0) is 32.8 Å². The van der Waals surface area contributed by atoms with Crippen LogP contribution in [-0.4, -0.2) is 39.6 Å². The van der Waals surface area contributed by atoms with Gasteiger partial charge in [-0.1, -0.05) is 6.42 Å². The highest BCUT2D eigenvalue weighted by atomic mass is 16.2. The maximum atomic E-state index is 12.4. The Morgan fingerprint density at radius 1 is 1.32 bits per heavy atom. The van der Waals surface area contributed by atoms with Crippen LogP contribution in [-0.2, 0) is 9.59 Å². The van der Waals surface area contributed by atoms with Crippen LogP contribution in [0.2, 0.25) is 0 Å². The first-order valence-electron chi connectivity index (χ1n) is 7.53. The van der Waals surface area contributed by atoms with Gasteiger partial charge in [0.15, 0.2) is 17.5 Å². The van der Waals surface area contributed by atoms with Crippen molar-refractivity contribution in [2.24, 2.45) is 0 Å². The summed E-state index contributed by atoms with van der Waals surface area (Å²) in [5, 5.41) is 9.33. The maximum absolute atomic E-state index is 12.4. The van der Waals surface area contributed by atoms with Crippen molar-refractivity contribution in [1.82, 2.24) is 14.9 Å². The summed E-state index contributed by atoms with van der Waals surface area (Å²) in [6.45, 7) is 4.15. The van der Waals surface area contributed by atoms with E-state index in [1.807, 2.05) is 6.07 Å². The summed E-state index contributed by atoms with van der Waals surface area (Å²) >= 11 is 0. The summed E-state index contributed by atoms with van der Waals surface area (Å²) in [5.41, 5.74) is 1.45. The normalized spacial score (nSPS) is 16.8. The second-order valence-corrected chi connectivity index (χ2v) is 5.66. The van der Waals surface area contributed by atoms with Crippen molar-refractivity contribution in [3.05, 3.63) is 23.3 Å². The van der Waals surface area contributed by atoms with Gasteiger partial charge in [-0.3, -0.25) is 9.59 Å². The fraction of sp³-hybridized carbons (Fsp3) is 0.562. The van der Waals surface area contributed by atoms with Crippen LogP contribution in [0.4, 0.5) is 0 Å². The number of carbonyl (C=O) groups is 2. The molecule has 0 aliphatic carbocycles. The molecular formula is C16H20N4O2. The molecule has 0 bridgehead atoms. The monoisotopic (exact) mass is 300 g/mol. The highest BCUT2D eigenvalue weighted by Gasteiger charge is 2.27. The highest BCUT2D eigenvalue weighted by molar-refractivity contribution is 5.92. The topological polar surface area (TPSA) is 87.0 Å². The first-order valence-corrected chi connectivity index (χ1v) is 7.53. The summed E-state index contributed by atoms with van der Waals surface area (Å²) in [4.78, 5) is 34.3. The molecule has 6 heteroatoms. The molecule has 2 heterocycles. The third kappa shape index (κ3) is 3.88. The van der Waals surface area contributed by atoms with Gasteiger partial charge in [-0.2, -0.15) is 5.26 Å². The average Bonchev–Trinajstić information content (AvgIpc) is 2.64. The fourth-order valence-corrected chi connectivity index (χ4v) is 2.64. The second-order valence-electron chi connectivity index (χ2n) is 5.66. The van der Waals surface area contributed by atoms with Crippen LogP contribution in [0.25, 0.3) is 0 Å². The summed E-state index contributed by atoms with van der Waals surface area (Å²) in [6.07, 6.45) is 3.24. The van der Waals surface area contributed by atoms with E-state index in [0.29, 0.717) is 13.0 Å². The van der Waals surface area contributed by atoms with Crippen LogP contribution < -0.4 is 0 Å². The number of nitriles is 1. The van der Waals surface area contributed by atoms with E-state index in [-0.39, 0.29) is 24.1 Å². The van der Waals surface area contributed by atoms with E-state index in [1.165, 1.54) is 0 Å². The lowest BCUT2D eigenvalue weighted by Crippen LogP contribution is -2.37. The molecule has 1 atom stereocenters. The number of hydrogen-bond donors (Lipinski definition) is 0. The van der Waals surface area contributed by atoms with Crippen LogP contribution in [0, 0.1) is 25.2 Å². The Kier molecular flexibility index (Phi) is 5.21. The Morgan fingerprint density at radius 2 is 2.00 bits per heavy atom. The van der Waals surface area contributed by atoms with E-state index in [2.05, 4.69) is 9.97 Å². The van der Waals surface area contributed by atoms with Crippen molar-refractivity contribution in [2.45, 2.75) is 45.4 Å². The third-order valence-corrected chi connectivity index (χ3v) is 3.73. The van der Waals surface area contributed by atoms with Crippen molar-refractivity contribution < 1.29 is 9.59 Å². The SMILES string of the molecule is Cc1cc(C)nc([C@H](C#N)C(=O)CN2CCCCCC2=O)n1. The van der Waals surface area contributed by atoms with Crippen molar-refractivity contribution in [1.29, 1.82) is 5.26 Å². The lowest BCUT2D eigenvalue weighted by Gasteiger charge is -2.20. The molecule has 1 aliphatic rings. The van der Waals surface area contributed by atoms with E-state index < -0.39 is 5.92 Å². The standard InChI is InChI=1S/C16H20N4O2/c1-11-8-12(2)19-16(18-11)13(9-17)14(21)10-20-7-5-3-4-6-15(20)22/h8,13H,3-7,10H2,1-2H3/t13-/m1/s1. The van der Waals surface area contributed by atoms with Gasteiger partial charge in [-0.15, -0.1) is 0 Å². The van der Waals surface area contributed by atoms with E-state index >= 15 is 0 Å². The number of Topliss-reactive ketones (excluding diaryl/α,β-unsaturated/α-hetero) is 1. The first kappa shape index (κ1) is 16.1. The molecule has 0 radical (unpaired) electrons. The molecule has 0 unspecified atom stereocenters. The molecule has 2 rings (SSSR count). The Labute approximate surface area is 130 Å². The van der Waals surface area contributed by atoms with Crippen LogP contribution in [0.3, 0.4) is 0 Å². The summed E-state index contributed by atoms with van der Waals surface area (Å²) in [5.74, 6) is -1.12. The van der Waals surface area contributed by atoms with Gasteiger partial charge in [0.25, 0.3) is 0 Å². The quantitative estimate of drug-likeness (QED) is 0.844. The average molecular weight is 300 g/mol. The molecule has 116 valence electrons. The Hall–Kier alpha value is -2.29. The molecule has 6 nitrogen and oxygen atoms in total. The number of hydrogen-bond acceptors (Lipinski definition) is 5. The van der Waals surface area contributed by atoms with Gasteiger partial charge < -0.3 is 4.90 Å². The number of carbonyl (C=O) groups excluding carboxylic acids is 2. The van der Waals surface area contributed by atoms with Crippen molar-refractivity contribution >= 4 is 11.7 Å². The predicted molar refractivity (Wildman–Crippen MR) is 79.9 cm³/mol. The molecular weight excluding hydrogens is 280 g/mol. The van der Waals surface area contributed by atoms with Gasteiger partial charge in [0.05, 0.1) is 12.6 Å².